The monoisotopic (exact) mass is 434 g/mol. The third-order valence-electron chi connectivity index (χ3n) is 6.17. The number of hydrogen-bond acceptors (Lipinski definition) is 5. The maximum atomic E-state index is 13.2. The average Bonchev–Trinajstić information content (AvgIpc) is 3.42. The highest BCUT2D eigenvalue weighted by molar-refractivity contribution is 6.08. The quantitative estimate of drug-likeness (QED) is 0.531. The van der Waals surface area contributed by atoms with Crippen LogP contribution in [0, 0.1) is 0 Å². The van der Waals surface area contributed by atoms with Crippen molar-refractivity contribution in [3.63, 3.8) is 0 Å². The molecule has 0 bridgehead atoms. The number of nitrogens with one attached hydrogen (secondary N) is 2. The van der Waals surface area contributed by atoms with Crippen LogP contribution in [0.2, 0.25) is 0 Å². The molecule has 2 aliphatic heterocycles. The number of imide groups is 1. The first-order chi connectivity index (χ1) is 15.4. The summed E-state index contributed by atoms with van der Waals surface area (Å²) < 4.78 is 6.69. The lowest BCUT2D eigenvalue weighted by atomic mass is 9.94. The Morgan fingerprint density at radius 3 is 2.50 bits per heavy atom. The Bertz CT molecular complexity index is 1240. The van der Waals surface area contributed by atoms with E-state index in [1.165, 1.54) is 11.7 Å². The Morgan fingerprint density at radius 2 is 1.88 bits per heavy atom. The minimum Gasteiger partial charge on any atom is -0.497 e. The summed E-state index contributed by atoms with van der Waals surface area (Å²) in [6, 6.07) is 12.4. The highest BCUT2D eigenvalue weighted by Crippen LogP contribution is 2.33. The summed E-state index contributed by atoms with van der Waals surface area (Å²) in [5.41, 5.74) is 0.621. The van der Waals surface area contributed by atoms with Gasteiger partial charge in [0.1, 0.15) is 11.3 Å². The molecule has 2 aromatic carbocycles. The van der Waals surface area contributed by atoms with Crippen LogP contribution in [0.5, 0.6) is 11.6 Å². The zero-order valence-corrected chi connectivity index (χ0v) is 17.4. The van der Waals surface area contributed by atoms with Gasteiger partial charge in [-0.2, -0.15) is 0 Å². The van der Waals surface area contributed by atoms with Crippen LogP contribution >= 0.6 is 0 Å². The summed E-state index contributed by atoms with van der Waals surface area (Å²) >= 11 is 0. The first kappa shape index (κ1) is 19.9. The van der Waals surface area contributed by atoms with E-state index in [0.717, 1.165) is 16.5 Å². The summed E-state index contributed by atoms with van der Waals surface area (Å²) in [5.74, 6) is -0.345. The van der Waals surface area contributed by atoms with Crippen molar-refractivity contribution < 1.29 is 24.2 Å². The largest absolute Gasteiger partial charge is 0.497 e. The number of urea groups is 1. The van der Waals surface area contributed by atoms with Gasteiger partial charge in [-0.15, -0.1) is 0 Å². The first-order valence-electron chi connectivity index (χ1n) is 10.2. The molecule has 9 nitrogen and oxygen atoms in total. The molecule has 164 valence electrons. The Kier molecular flexibility index (Phi) is 4.54. The zero-order chi connectivity index (χ0) is 22.5. The number of fused-ring (bicyclic) bond motifs is 2. The lowest BCUT2D eigenvalue weighted by Gasteiger charge is -2.28. The van der Waals surface area contributed by atoms with Crippen LogP contribution in [-0.4, -0.2) is 45.1 Å². The second-order valence-electron chi connectivity index (χ2n) is 8.22. The number of carbonyl (C=O) groups is 3. The second-order valence-corrected chi connectivity index (χ2v) is 8.22. The fourth-order valence-electron chi connectivity index (χ4n) is 4.46. The average molecular weight is 434 g/mol. The van der Waals surface area contributed by atoms with E-state index < -0.39 is 17.5 Å². The van der Waals surface area contributed by atoms with Crippen molar-refractivity contribution in [2.45, 2.75) is 31.6 Å². The molecular weight excluding hydrogens is 412 g/mol. The van der Waals surface area contributed by atoms with E-state index in [4.69, 9.17) is 4.74 Å². The van der Waals surface area contributed by atoms with Gasteiger partial charge in [0.15, 0.2) is 5.88 Å². The van der Waals surface area contributed by atoms with Gasteiger partial charge in [0.25, 0.3) is 5.91 Å². The molecule has 3 aromatic rings. The molecule has 9 heteroatoms. The molecule has 3 N–H and O–H groups in total. The van der Waals surface area contributed by atoms with E-state index in [2.05, 4.69) is 10.6 Å². The van der Waals surface area contributed by atoms with Gasteiger partial charge in [-0.05, 0) is 29.3 Å². The maximum Gasteiger partial charge on any atom is 0.322 e. The van der Waals surface area contributed by atoms with Crippen molar-refractivity contribution >= 4 is 28.6 Å². The van der Waals surface area contributed by atoms with Crippen LogP contribution in [0.4, 0.5) is 4.79 Å². The number of aromatic nitrogens is 1. The topological polar surface area (TPSA) is 113 Å². The number of rotatable bonds is 5. The molecule has 32 heavy (non-hydrogen) atoms. The molecule has 3 heterocycles. The van der Waals surface area contributed by atoms with Crippen molar-refractivity contribution in [1.29, 1.82) is 0 Å². The standard InChI is InChI=1S/C23H22N4O5/c1-32-17-7-6-16-12-27(20(29)18(16)8-17)13-23(21(30)24-22(31)25-23)9-19(28)26-10-14-4-2-3-5-15(14)11-26/h2-8,12,29H,9-11,13H2,1H3,(H2,24,25,30,31). The van der Waals surface area contributed by atoms with E-state index in [0.29, 0.717) is 24.2 Å². The normalized spacial score (nSPS) is 19.7. The molecule has 4 amide bonds. The van der Waals surface area contributed by atoms with Gasteiger partial charge < -0.3 is 24.6 Å². The van der Waals surface area contributed by atoms with Crippen LogP contribution in [0.3, 0.4) is 0 Å². The zero-order valence-electron chi connectivity index (χ0n) is 17.4. The van der Waals surface area contributed by atoms with E-state index in [9.17, 15) is 19.5 Å². The number of amides is 4. The number of ether oxygens (including phenoxy) is 1. The third-order valence-corrected chi connectivity index (χ3v) is 6.17. The van der Waals surface area contributed by atoms with E-state index >= 15 is 0 Å². The molecule has 0 radical (unpaired) electrons. The van der Waals surface area contributed by atoms with Crippen LogP contribution < -0.4 is 15.4 Å². The summed E-state index contributed by atoms with van der Waals surface area (Å²) in [6.45, 7) is 0.818. The SMILES string of the molecule is COc1ccc2cn(CC3(CC(=O)N4Cc5ccccc5C4)NC(=O)NC3=O)c(O)c2c1. The number of hydrogen-bond donors (Lipinski definition) is 3. The molecule has 1 fully saturated rings. The van der Waals surface area contributed by atoms with Crippen molar-refractivity contribution in [1.82, 2.24) is 20.1 Å². The van der Waals surface area contributed by atoms with E-state index in [-0.39, 0.29) is 24.8 Å². The lowest BCUT2D eigenvalue weighted by Crippen LogP contribution is -2.53. The molecule has 2 aliphatic rings. The van der Waals surface area contributed by atoms with Crippen LogP contribution in [0.1, 0.15) is 17.5 Å². The van der Waals surface area contributed by atoms with Gasteiger partial charge in [0, 0.05) is 30.1 Å². The van der Waals surface area contributed by atoms with Crippen molar-refractivity contribution in [2.24, 2.45) is 0 Å². The molecule has 5 rings (SSSR count). The number of carbonyl (C=O) groups excluding carboxylic acids is 3. The third kappa shape index (κ3) is 3.22. The number of methoxy groups -OCH3 is 1. The fourth-order valence-corrected chi connectivity index (χ4v) is 4.46. The predicted octanol–water partition coefficient (Wildman–Crippen LogP) is 1.87. The molecule has 1 atom stereocenters. The Morgan fingerprint density at radius 1 is 1.16 bits per heavy atom. The van der Waals surface area contributed by atoms with Gasteiger partial charge in [0.2, 0.25) is 5.91 Å². The minimum atomic E-state index is -1.51. The summed E-state index contributed by atoms with van der Waals surface area (Å²) in [6.07, 6.45) is 1.45. The van der Waals surface area contributed by atoms with Crippen LogP contribution in [0.25, 0.3) is 10.8 Å². The maximum absolute atomic E-state index is 13.2. The van der Waals surface area contributed by atoms with E-state index in [1.807, 2.05) is 24.3 Å². The fraction of sp³-hybridized carbons (Fsp3) is 0.261. The predicted molar refractivity (Wildman–Crippen MR) is 115 cm³/mol. The van der Waals surface area contributed by atoms with Gasteiger partial charge in [-0.3, -0.25) is 14.9 Å². The minimum absolute atomic E-state index is 0.0757. The van der Waals surface area contributed by atoms with Gasteiger partial charge >= 0.3 is 6.03 Å². The molecule has 1 aromatic heterocycles. The van der Waals surface area contributed by atoms with Crippen LogP contribution in [-0.2, 0) is 29.2 Å². The summed E-state index contributed by atoms with van der Waals surface area (Å²) in [5, 5.41) is 16.9. The molecular formula is C23H22N4O5. The van der Waals surface area contributed by atoms with Crippen molar-refractivity contribution in [3.8, 4) is 11.6 Å². The van der Waals surface area contributed by atoms with Gasteiger partial charge in [-0.1, -0.05) is 24.3 Å². The van der Waals surface area contributed by atoms with Gasteiger partial charge in [-0.25, -0.2) is 4.79 Å². The molecule has 1 unspecified atom stereocenters. The molecule has 0 aliphatic carbocycles. The lowest BCUT2D eigenvalue weighted by molar-refractivity contribution is -0.137. The molecule has 0 saturated carbocycles. The summed E-state index contributed by atoms with van der Waals surface area (Å²) in [4.78, 5) is 39.7. The first-order valence-corrected chi connectivity index (χ1v) is 10.2. The highest BCUT2D eigenvalue weighted by Gasteiger charge is 2.49. The Labute approximate surface area is 183 Å². The summed E-state index contributed by atoms with van der Waals surface area (Å²) in [7, 11) is 1.53. The van der Waals surface area contributed by atoms with E-state index in [1.54, 1.807) is 29.3 Å². The number of benzene rings is 2. The number of nitrogens with zero attached hydrogens (tertiary/aromatic N) is 2. The molecule has 0 spiro atoms. The highest BCUT2D eigenvalue weighted by atomic mass is 16.5. The smallest absolute Gasteiger partial charge is 0.322 e. The number of aromatic hydroxyl groups is 1. The Balaban J connectivity index is 1.44. The second kappa shape index (κ2) is 7.30. The van der Waals surface area contributed by atoms with Crippen molar-refractivity contribution in [3.05, 3.63) is 59.8 Å². The van der Waals surface area contributed by atoms with Gasteiger partial charge in [0.05, 0.1) is 20.1 Å². The Hall–Kier alpha value is -4.01. The van der Waals surface area contributed by atoms with Crippen molar-refractivity contribution in [2.75, 3.05) is 7.11 Å². The molecule has 1 saturated heterocycles. The van der Waals surface area contributed by atoms with Crippen LogP contribution in [0.15, 0.2) is 48.7 Å².